The van der Waals surface area contributed by atoms with Gasteiger partial charge in [-0.1, -0.05) is 18.2 Å². The summed E-state index contributed by atoms with van der Waals surface area (Å²) in [7, 11) is -4.28. The number of rotatable bonds is 12. The molecule has 1 saturated heterocycles. The van der Waals surface area contributed by atoms with Crippen molar-refractivity contribution in [1.82, 2.24) is 14.6 Å². The number of hydrogen-bond acceptors (Lipinski definition) is 8. The Morgan fingerprint density at radius 3 is 2.65 bits per heavy atom. The molecule has 2 aliphatic heterocycles. The third-order valence-corrected chi connectivity index (χ3v) is 10.8. The largest absolute Gasteiger partial charge is 0.481 e. The molecule has 13 heteroatoms. The van der Waals surface area contributed by atoms with Crippen molar-refractivity contribution < 1.29 is 32.6 Å². The number of aliphatic hydroxyl groups is 1. The van der Waals surface area contributed by atoms with Crippen LogP contribution in [0.3, 0.4) is 0 Å². The average Bonchev–Trinajstić information content (AvgIpc) is 3.41. The van der Waals surface area contributed by atoms with Gasteiger partial charge in [-0.05, 0) is 67.3 Å². The van der Waals surface area contributed by atoms with E-state index in [1.807, 2.05) is 24.3 Å². The van der Waals surface area contributed by atoms with Crippen LogP contribution in [-0.4, -0.2) is 79.3 Å². The van der Waals surface area contributed by atoms with Crippen LogP contribution in [0.25, 0.3) is 10.2 Å². The lowest BCUT2D eigenvalue weighted by molar-refractivity contribution is -0.137. The number of aromatic nitrogens is 1. The van der Waals surface area contributed by atoms with Crippen molar-refractivity contribution in [1.29, 1.82) is 0 Å². The lowest BCUT2D eigenvalue weighted by atomic mass is 9.92. The van der Waals surface area contributed by atoms with Crippen LogP contribution in [-0.2, 0) is 38.9 Å². The van der Waals surface area contributed by atoms with Crippen LogP contribution in [0, 0.1) is 11.8 Å². The molecule has 1 fully saturated rings. The molecule has 2 aliphatic rings. The van der Waals surface area contributed by atoms with E-state index in [1.165, 1.54) is 17.4 Å². The Hall–Kier alpha value is -3.13. The maximum atomic E-state index is 14.1. The minimum atomic E-state index is -4.28. The number of carbonyl (C=O) groups excluding carboxylic acids is 1. The molecule has 0 aliphatic carbocycles. The Kier molecular flexibility index (Phi) is 9.95. The van der Waals surface area contributed by atoms with Crippen molar-refractivity contribution in [3.8, 4) is 0 Å². The maximum Gasteiger partial charge on any atom is 0.303 e. The minimum absolute atomic E-state index is 0.0504. The lowest BCUT2D eigenvalue weighted by Crippen LogP contribution is -2.51. The molecule has 232 valence electrons. The molecule has 0 bridgehead atoms. The number of alkyl halides is 1. The average molecular weight is 633 g/mol. The van der Waals surface area contributed by atoms with Gasteiger partial charge in [0.15, 0.2) is 0 Å². The van der Waals surface area contributed by atoms with Crippen LogP contribution in [0.5, 0.6) is 0 Å². The smallest absolute Gasteiger partial charge is 0.303 e. The molecule has 5 rings (SSSR count). The summed E-state index contributed by atoms with van der Waals surface area (Å²) in [5.41, 5.74) is 2.39. The number of amides is 1. The number of aliphatic carboxylic acids is 1. The molecule has 4 N–H and O–H groups in total. The normalized spacial score (nSPS) is 18.3. The number of hydrogen-bond donors (Lipinski definition) is 4. The number of aliphatic hydroxyl groups excluding tert-OH is 1. The number of likely N-dealkylation sites (tertiary alicyclic amines) is 1. The number of carboxylic acids is 1. The Labute approximate surface area is 254 Å². The van der Waals surface area contributed by atoms with Crippen LogP contribution in [0.4, 0.5) is 10.1 Å². The van der Waals surface area contributed by atoms with Gasteiger partial charge in [-0.2, -0.15) is 4.72 Å². The number of anilines is 1. The first kappa shape index (κ1) is 31.3. The van der Waals surface area contributed by atoms with E-state index in [9.17, 15) is 32.6 Å². The van der Waals surface area contributed by atoms with E-state index in [0.29, 0.717) is 67.1 Å². The van der Waals surface area contributed by atoms with E-state index in [0.717, 1.165) is 10.2 Å². The summed E-state index contributed by atoms with van der Waals surface area (Å²) in [6, 6.07) is 9.68. The first-order chi connectivity index (χ1) is 20.7. The van der Waals surface area contributed by atoms with Crippen molar-refractivity contribution in [2.75, 3.05) is 38.2 Å². The molecule has 0 saturated carbocycles. The number of carbonyl (C=O) groups is 2. The third kappa shape index (κ3) is 7.51. The Morgan fingerprint density at radius 1 is 1.19 bits per heavy atom. The summed E-state index contributed by atoms with van der Waals surface area (Å²) in [5.74, 6) is -1.27. The maximum absolute atomic E-state index is 14.1. The first-order valence-corrected chi connectivity index (χ1v) is 16.9. The summed E-state index contributed by atoms with van der Waals surface area (Å²) in [4.78, 5) is 31.4. The highest BCUT2D eigenvalue weighted by molar-refractivity contribution is 7.89. The number of fused-ring (bicyclic) bond motifs is 2. The van der Waals surface area contributed by atoms with Crippen LogP contribution >= 0.6 is 11.3 Å². The molecule has 3 aromatic rings. The SMILES string of the molecule is O=C(O)CCc1cc2c(c(S(=O)(=O)NC(Cc3nc4ccccc4s3)C(=O)N3CCC(CCF)CC3)c1)NCC(CO)C2. The minimum Gasteiger partial charge on any atom is -0.481 e. The number of nitrogens with one attached hydrogen (secondary N) is 2. The number of halogens is 1. The van der Waals surface area contributed by atoms with Gasteiger partial charge >= 0.3 is 5.97 Å². The van der Waals surface area contributed by atoms with E-state index >= 15 is 0 Å². The molecule has 10 nitrogen and oxygen atoms in total. The van der Waals surface area contributed by atoms with Crippen LogP contribution in [0.2, 0.25) is 0 Å². The van der Waals surface area contributed by atoms with Gasteiger partial charge in [0.25, 0.3) is 0 Å². The van der Waals surface area contributed by atoms with Crippen molar-refractivity contribution in [3.63, 3.8) is 0 Å². The molecular weight excluding hydrogens is 595 g/mol. The fourth-order valence-corrected chi connectivity index (χ4v) is 8.37. The van der Waals surface area contributed by atoms with E-state index in [1.54, 1.807) is 11.0 Å². The molecule has 1 amide bonds. The number of sulfonamides is 1. The van der Waals surface area contributed by atoms with Gasteiger partial charge in [0, 0.05) is 45.0 Å². The molecule has 2 aromatic carbocycles. The number of piperidine rings is 1. The van der Waals surface area contributed by atoms with E-state index in [4.69, 9.17) is 0 Å². The van der Waals surface area contributed by atoms with Gasteiger partial charge < -0.3 is 20.4 Å². The number of para-hydroxylation sites is 1. The van der Waals surface area contributed by atoms with E-state index in [-0.39, 0.29) is 48.5 Å². The first-order valence-electron chi connectivity index (χ1n) is 14.6. The second-order valence-corrected chi connectivity index (χ2v) is 14.2. The quantitative estimate of drug-likeness (QED) is 0.238. The number of carboxylic acid groups (broad SMARTS) is 1. The lowest BCUT2D eigenvalue weighted by Gasteiger charge is -2.34. The highest BCUT2D eigenvalue weighted by Crippen LogP contribution is 2.34. The van der Waals surface area contributed by atoms with Gasteiger partial charge in [0.2, 0.25) is 15.9 Å². The fourth-order valence-electron chi connectivity index (χ4n) is 5.89. The number of benzene rings is 2. The summed E-state index contributed by atoms with van der Waals surface area (Å²) in [6.07, 6.45) is 2.23. The standard InChI is InChI=1S/C30H37FN4O6S2/c31-10-7-19-8-11-35(12-9-19)30(39)24(16-27-33-23-3-1-2-4-25(23)42-27)34-43(40,41)26-15-20(5-6-28(37)38)13-22-14-21(18-36)17-32-29(22)26/h1-4,13,15,19,21,24,32,34,36H,5-12,14,16-18H2,(H,37,38). The molecule has 0 radical (unpaired) electrons. The highest BCUT2D eigenvalue weighted by Gasteiger charge is 2.35. The second kappa shape index (κ2) is 13.7. The van der Waals surface area contributed by atoms with Gasteiger partial charge in [0.1, 0.15) is 10.9 Å². The Bertz CT molecular complexity index is 1540. The van der Waals surface area contributed by atoms with Crippen molar-refractivity contribution >= 4 is 49.1 Å². The second-order valence-electron chi connectivity index (χ2n) is 11.4. The third-order valence-electron chi connectivity index (χ3n) is 8.25. The highest BCUT2D eigenvalue weighted by atomic mass is 32.2. The van der Waals surface area contributed by atoms with E-state index in [2.05, 4.69) is 15.0 Å². The zero-order valence-electron chi connectivity index (χ0n) is 23.8. The predicted molar refractivity (Wildman–Crippen MR) is 162 cm³/mol. The molecule has 2 atom stereocenters. The molecule has 3 heterocycles. The molecule has 2 unspecified atom stereocenters. The summed E-state index contributed by atoms with van der Waals surface area (Å²) in [5, 5.41) is 22.7. The zero-order chi connectivity index (χ0) is 30.6. The molecule has 1 aromatic heterocycles. The predicted octanol–water partition coefficient (Wildman–Crippen LogP) is 3.38. The van der Waals surface area contributed by atoms with E-state index < -0.39 is 28.7 Å². The van der Waals surface area contributed by atoms with Crippen LogP contribution in [0.15, 0.2) is 41.3 Å². The molecular formula is C30H37FN4O6S2. The fraction of sp³-hybridized carbons (Fsp3) is 0.500. The molecule has 43 heavy (non-hydrogen) atoms. The number of thiazole rings is 1. The molecule has 0 spiro atoms. The summed E-state index contributed by atoms with van der Waals surface area (Å²) < 4.78 is 44.7. The van der Waals surface area contributed by atoms with Crippen molar-refractivity contribution in [2.24, 2.45) is 11.8 Å². The van der Waals surface area contributed by atoms with Crippen LogP contribution < -0.4 is 10.0 Å². The van der Waals surface area contributed by atoms with Gasteiger partial charge in [0.05, 0.1) is 27.6 Å². The zero-order valence-corrected chi connectivity index (χ0v) is 25.4. The monoisotopic (exact) mass is 632 g/mol. The van der Waals surface area contributed by atoms with Gasteiger partial charge in [-0.15, -0.1) is 11.3 Å². The topological polar surface area (TPSA) is 149 Å². The number of nitrogens with zero attached hydrogens (tertiary/aromatic N) is 2. The van der Waals surface area contributed by atoms with Gasteiger partial charge in [-0.3, -0.25) is 14.0 Å². The summed E-state index contributed by atoms with van der Waals surface area (Å²) in [6.45, 7) is 0.744. The Balaban J connectivity index is 1.47. The number of aryl methyl sites for hydroxylation is 1. The summed E-state index contributed by atoms with van der Waals surface area (Å²) >= 11 is 1.41. The van der Waals surface area contributed by atoms with Gasteiger partial charge in [-0.25, -0.2) is 13.4 Å². The Morgan fingerprint density at radius 2 is 1.95 bits per heavy atom. The van der Waals surface area contributed by atoms with Crippen molar-refractivity contribution in [3.05, 3.63) is 52.5 Å². The van der Waals surface area contributed by atoms with Crippen LogP contribution in [0.1, 0.15) is 41.8 Å². The van der Waals surface area contributed by atoms with Crippen molar-refractivity contribution in [2.45, 2.75) is 55.9 Å².